The van der Waals surface area contributed by atoms with Crippen LogP contribution in [0.1, 0.15) is 20.7 Å². The number of methoxy groups -OCH3 is 1. The monoisotopic (exact) mass is 424 g/mol. The van der Waals surface area contributed by atoms with Crippen molar-refractivity contribution in [3.63, 3.8) is 0 Å². The predicted octanol–water partition coefficient (Wildman–Crippen LogP) is 3.60. The van der Waals surface area contributed by atoms with Crippen molar-refractivity contribution in [2.24, 2.45) is 0 Å². The zero-order valence-electron chi connectivity index (χ0n) is 16.4. The van der Waals surface area contributed by atoms with Crippen molar-refractivity contribution in [2.45, 2.75) is 4.90 Å². The fourth-order valence-electron chi connectivity index (χ4n) is 2.89. The van der Waals surface area contributed by atoms with E-state index in [9.17, 15) is 18.0 Å². The van der Waals surface area contributed by atoms with E-state index in [2.05, 4.69) is 10.6 Å². The average molecular weight is 424 g/mol. The molecule has 0 bridgehead atoms. The molecule has 7 nitrogen and oxygen atoms in total. The van der Waals surface area contributed by atoms with E-state index in [4.69, 9.17) is 4.74 Å². The van der Waals surface area contributed by atoms with E-state index >= 15 is 0 Å². The smallest absolute Gasteiger partial charge is 0.257 e. The summed E-state index contributed by atoms with van der Waals surface area (Å²) in [6, 6.07) is 19.3. The van der Waals surface area contributed by atoms with Gasteiger partial charge in [0.05, 0.1) is 34.5 Å². The maximum Gasteiger partial charge on any atom is 0.257 e. The van der Waals surface area contributed by atoms with Crippen LogP contribution in [0.3, 0.4) is 0 Å². The van der Waals surface area contributed by atoms with Gasteiger partial charge in [-0.05, 0) is 36.4 Å². The Hall–Kier alpha value is -3.65. The number of rotatable bonds is 6. The third kappa shape index (κ3) is 4.66. The molecule has 3 rings (SSSR count). The summed E-state index contributed by atoms with van der Waals surface area (Å²) in [5.74, 6) is -0.588. The number of hydrogen-bond acceptors (Lipinski definition) is 5. The Morgan fingerprint density at radius 3 is 1.90 bits per heavy atom. The number of hydrogen-bond donors (Lipinski definition) is 2. The molecule has 0 aliphatic carbocycles. The first-order valence-corrected chi connectivity index (χ1v) is 10.8. The molecule has 0 spiro atoms. The summed E-state index contributed by atoms with van der Waals surface area (Å²) in [5.41, 5.74) is 0.945. The summed E-state index contributed by atoms with van der Waals surface area (Å²) in [6.45, 7) is 0. The molecule has 2 amide bonds. The normalized spacial score (nSPS) is 10.9. The first-order valence-electron chi connectivity index (χ1n) is 8.95. The summed E-state index contributed by atoms with van der Waals surface area (Å²) in [5, 5.41) is 5.39. The van der Waals surface area contributed by atoms with Gasteiger partial charge in [-0.25, -0.2) is 8.42 Å². The van der Waals surface area contributed by atoms with E-state index in [0.29, 0.717) is 11.4 Å². The van der Waals surface area contributed by atoms with Gasteiger partial charge in [0, 0.05) is 6.26 Å². The highest BCUT2D eigenvalue weighted by atomic mass is 32.2. The number of anilines is 2. The molecular formula is C22H20N2O5S. The Balaban J connectivity index is 1.90. The highest BCUT2D eigenvalue weighted by molar-refractivity contribution is 7.90. The van der Waals surface area contributed by atoms with Crippen LogP contribution in [-0.4, -0.2) is 33.6 Å². The lowest BCUT2D eigenvalue weighted by molar-refractivity contribution is 0.102. The van der Waals surface area contributed by atoms with Crippen LogP contribution in [-0.2, 0) is 9.84 Å². The zero-order chi connectivity index (χ0) is 21.7. The molecule has 0 aromatic heterocycles. The summed E-state index contributed by atoms with van der Waals surface area (Å²) in [4.78, 5) is 25.5. The molecule has 0 atom stereocenters. The number of amides is 2. The van der Waals surface area contributed by atoms with Gasteiger partial charge in [0.15, 0.2) is 9.84 Å². The number of sulfone groups is 1. The fraction of sp³-hybridized carbons (Fsp3) is 0.0909. The SMILES string of the molecule is COc1ccccc1NC(=O)c1ccccc1NC(=O)c1ccccc1S(C)(=O)=O. The van der Waals surface area contributed by atoms with Crippen LogP contribution < -0.4 is 15.4 Å². The van der Waals surface area contributed by atoms with E-state index in [1.54, 1.807) is 60.7 Å². The van der Waals surface area contributed by atoms with Gasteiger partial charge in [0.2, 0.25) is 0 Å². The largest absolute Gasteiger partial charge is 0.495 e. The van der Waals surface area contributed by atoms with Crippen LogP contribution in [0.15, 0.2) is 77.7 Å². The van der Waals surface area contributed by atoms with E-state index in [1.807, 2.05) is 0 Å². The van der Waals surface area contributed by atoms with Gasteiger partial charge in [-0.15, -0.1) is 0 Å². The van der Waals surface area contributed by atoms with E-state index in [1.165, 1.54) is 19.2 Å². The summed E-state index contributed by atoms with van der Waals surface area (Å²) >= 11 is 0. The quantitative estimate of drug-likeness (QED) is 0.630. The second kappa shape index (κ2) is 8.79. The molecule has 0 aliphatic heterocycles. The van der Waals surface area contributed by atoms with Gasteiger partial charge in [-0.2, -0.15) is 0 Å². The predicted molar refractivity (Wildman–Crippen MR) is 115 cm³/mol. The van der Waals surface area contributed by atoms with Crippen molar-refractivity contribution in [3.05, 3.63) is 83.9 Å². The fourth-order valence-corrected chi connectivity index (χ4v) is 3.78. The van der Waals surface area contributed by atoms with Crippen molar-refractivity contribution >= 4 is 33.0 Å². The van der Waals surface area contributed by atoms with Gasteiger partial charge in [-0.1, -0.05) is 36.4 Å². The van der Waals surface area contributed by atoms with Crippen molar-refractivity contribution in [3.8, 4) is 5.75 Å². The van der Waals surface area contributed by atoms with Gasteiger partial charge in [0.25, 0.3) is 11.8 Å². The molecule has 0 unspecified atom stereocenters. The number of nitrogens with one attached hydrogen (secondary N) is 2. The van der Waals surface area contributed by atoms with Gasteiger partial charge in [-0.3, -0.25) is 9.59 Å². The second-order valence-corrected chi connectivity index (χ2v) is 8.41. The minimum atomic E-state index is -3.60. The second-order valence-electron chi connectivity index (χ2n) is 6.42. The molecule has 0 aliphatic rings. The molecule has 3 aromatic rings. The molecule has 154 valence electrons. The maximum atomic E-state index is 12.8. The van der Waals surface area contributed by atoms with Crippen molar-refractivity contribution in [2.75, 3.05) is 24.0 Å². The standard InChI is InChI=1S/C22H20N2O5S/c1-29-19-13-7-6-12-18(19)24-21(25)15-9-3-5-11-17(15)23-22(26)16-10-4-8-14-20(16)30(2,27)28/h3-14H,1-2H3,(H,23,26)(H,24,25). The lowest BCUT2D eigenvalue weighted by atomic mass is 10.1. The Morgan fingerprint density at radius 2 is 1.23 bits per heavy atom. The molecule has 0 saturated carbocycles. The Labute approximate surface area is 174 Å². The highest BCUT2D eigenvalue weighted by Crippen LogP contribution is 2.25. The van der Waals surface area contributed by atoms with Gasteiger partial charge < -0.3 is 15.4 Å². The number of ether oxygens (including phenoxy) is 1. The molecule has 3 aromatic carbocycles. The topological polar surface area (TPSA) is 102 Å². The number of carbonyl (C=O) groups is 2. The molecule has 30 heavy (non-hydrogen) atoms. The third-order valence-electron chi connectivity index (χ3n) is 4.31. The lowest BCUT2D eigenvalue weighted by Gasteiger charge is -2.14. The first-order chi connectivity index (χ1) is 14.3. The van der Waals surface area contributed by atoms with E-state index < -0.39 is 21.7 Å². The molecule has 2 N–H and O–H groups in total. The zero-order valence-corrected chi connectivity index (χ0v) is 17.2. The van der Waals surface area contributed by atoms with Crippen LogP contribution in [0.4, 0.5) is 11.4 Å². The Bertz CT molecular complexity index is 1210. The number of benzene rings is 3. The molecule has 8 heteroatoms. The summed E-state index contributed by atoms with van der Waals surface area (Å²) < 4.78 is 29.2. The van der Waals surface area contributed by atoms with E-state index in [-0.39, 0.29) is 21.7 Å². The molecular weight excluding hydrogens is 404 g/mol. The molecule has 0 saturated heterocycles. The molecule has 0 fully saturated rings. The first kappa shape index (κ1) is 21.1. The lowest BCUT2D eigenvalue weighted by Crippen LogP contribution is -2.20. The van der Waals surface area contributed by atoms with Crippen molar-refractivity contribution in [1.29, 1.82) is 0 Å². The molecule has 0 heterocycles. The van der Waals surface area contributed by atoms with Crippen molar-refractivity contribution < 1.29 is 22.7 Å². The molecule has 0 radical (unpaired) electrons. The van der Waals surface area contributed by atoms with Crippen LogP contribution in [0.5, 0.6) is 5.75 Å². The van der Waals surface area contributed by atoms with Gasteiger partial charge >= 0.3 is 0 Å². The van der Waals surface area contributed by atoms with Crippen LogP contribution >= 0.6 is 0 Å². The van der Waals surface area contributed by atoms with Crippen LogP contribution in [0, 0.1) is 0 Å². The number of carbonyl (C=O) groups excluding carboxylic acids is 2. The third-order valence-corrected chi connectivity index (χ3v) is 5.46. The Kier molecular flexibility index (Phi) is 6.17. The average Bonchev–Trinajstić information content (AvgIpc) is 2.74. The van der Waals surface area contributed by atoms with Crippen LogP contribution in [0.25, 0.3) is 0 Å². The van der Waals surface area contributed by atoms with Crippen LogP contribution in [0.2, 0.25) is 0 Å². The Morgan fingerprint density at radius 1 is 0.733 bits per heavy atom. The summed E-state index contributed by atoms with van der Waals surface area (Å²) in [7, 11) is -2.10. The minimum Gasteiger partial charge on any atom is -0.495 e. The number of para-hydroxylation sites is 3. The van der Waals surface area contributed by atoms with Crippen molar-refractivity contribution in [1.82, 2.24) is 0 Å². The minimum absolute atomic E-state index is 0.0000557. The maximum absolute atomic E-state index is 12.8. The van der Waals surface area contributed by atoms with Gasteiger partial charge in [0.1, 0.15) is 5.75 Å². The summed E-state index contributed by atoms with van der Waals surface area (Å²) in [6.07, 6.45) is 1.04. The highest BCUT2D eigenvalue weighted by Gasteiger charge is 2.20. The van der Waals surface area contributed by atoms with E-state index in [0.717, 1.165) is 6.26 Å².